The molecule has 12 heavy (non-hydrogen) atoms. The Balaban J connectivity index is 2.59. The highest BCUT2D eigenvalue weighted by molar-refractivity contribution is 7.99. The van der Waals surface area contributed by atoms with Crippen molar-refractivity contribution < 1.29 is 8.78 Å². The molecule has 1 aromatic rings. The van der Waals surface area contributed by atoms with Crippen molar-refractivity contribution in [1.29, 1.82) is 0 Å². The van der Waals surface area contributed by atoms with Crippen molar-refractivity contribution in [3.05, 3.63) is 35.9 Å². The first-order valence-corrected chi connectivity index (χ1v) is 4.63. The van der Waals surface area contributed by atoms with Gasteiger partial charge in [-0.05, 0) is 12.5 Å². The Morgan fingerprint density at radius 2 is 1.75 bits per heavy atom. The lowest BCUT2D eigenvalue weighted by molar-refractivity contribution is 0.251. The summed E-state index contributed by atoms with van der Waals surface area (Å²) in [7, 11) is 0. The molecule has 0 radical (unpaired) electrons. The monoisotopic (exact) mass is 188 g/mol. The summed E-state index contributed by atoms with van der Waals surface area (Å²) in [6.07, 6.45) is 0. The number of rotatable bonds is 3. The van der Waals surface area contributed by atoms with Gasteiger partial charge in [0.2, 0.25) is 0 Å². The van der Waals surface area contributed by atoms with Gasteiger partial charge in [-0.3, -0.25) is 0 Å². The molecule has 0 aliphatic rings. The van der Waals surface area contributed by atoms with Crippen molar-refractivity contribution in [2.45, 2.75) is 17.9 Å². The molecule has 0 fully saturated rings. The lowest BCUT2D eigenvalue weighted by atomic mass is 10.2. The molecule has 0 heterocycles. The molecule has 0 saturated heterocycles. The number of halogens is 2. The molecule has 1 unspecified atom stereocenters. The lowest BCUT2D eigenvalue weighted by Gasteiger charge is -2.09. The van der Waals surface area contributed by atoms with E-state index in [-0.39, 0.29) is 5.25 Å². The van der Waals surface area contributed by atoms with Crippen LogP contribution in [-0.4, -0.2) is 5.76 Å². The van der Waals surface area contributed by atoms with E-state index in [2.05, 4.69) is 0 Å². The van der Waals surface area contributed by atoms with Gasteiger partial charge in [0.05, 0.1) is 0 Å². The third kappa shape index (κ3) is 2.81. The van der Waals surface area contributed by atoms with Crippen LogP contribution in [-0.2, 0) is 0 Å². The summed E-state index contributed by atoms with van der Waals surface area (Å²) in [5.41, 5.74) is 0.947. The number of benzene rings is 1. The fourth-order valence-corrected chi connectivity index (χ4v) is 1.58. The SMILES string of the molecule is CC(SC(F)F)c1ccccc1. The van der Waals surface area contributed by atoms with Crippen molar-refractivity contribution in [2.75, 3.05) is 0 Å². The Morgan fingerprint density at radius 1 is 1.17 bits per heavy atom. The molecular formula is C9H10F2S. The van der Waals surface area contributed by atoms with Crippen LogP contribution in [0.15, 0.2) is 30.3 Å². The van der Waals surface area contributed by atoms with Gasteiger partial charge in [0.15, 0.2) is 0 Å². The average molecular weight is 188 g/mol. The molecule has 0 N–H and O–H groups in total. The van der Waals surface area contributed by atoms with Gasteiger partial charge in [0.25, 0.3) is 5.76 Å². The maximum Gasteiger partial charge on any atom is 0.285 e. The fourth-order valence-electron chi connectivity index (χ4n) is 0.957. The zero-order valence-corrected chi connectivity index (χ0v) is 7.52. The zero-order valence-electron chi connectivity index (χ0n) is 6.71. The summed E-state index contributed by atoms with van der Waals surface area (Å²) >= 11 is 0.674. The van der Waals surface area contributed by atoms with Gasteiger partial charge < -0.3 is 0 Å². The first kappa shape index (κ1) is 9.52. The summed E-state index contributed by atoms with van der Waals surface area (Å²) in [4.78, 5) is 0. The minimum Gasteiger partial charge on any atom is -0.198 e. The third-order valence-corrected chi connectivity index (χ3v) is 2.46. The minimum atomic E-state index is -2.29. The molecule has 0 saturated carbocycles. The molecule has 1 aromatic carbocycles. The molecule has 0 aliphatic heterocycles. The maximum atomic E-state index is 11.9. The second-order valence-corrected chi connectivity index (χ2v) is 3.79. The molecule has 0 nitrogen and oxygen atoms in total. The van der Waals surface area contributed by atoms with Crippen molar-refractivity contribution in [2.24, 2.45) is 0 Å². The Bertz CT molecular complexity index is 223. The van der Waals surface area contributed by atoms with Crippen molar-refractivity contribution >= 4 is 11.8 Å². The van der Waals surface area contributed by atoms with Crippen molar-refractivity contribution in [1.82, 2.24) is 0 Å². The maximum absolute atomic E-state index is 11.9. The predicted molar refractivity (Wildman–Crippen MR) is 48.5 cm³/mol. The fraction of sp³-hybridized carbons (Fsp3) is 0.333. The smallest absolute Gasteiger partial charge is 0.198 e. The Kier molecular flexibility index (Phi) is 3.53. The van der Waals surface area contributed by atoms with E-state index in [0.717, 1.165) is 5.56 Å². The molecule has 66 valence electrons. The van der Waals surface area contributed by atoms with Gasteiger partial charge in [-0.15, -0.1) is 0 Å². The molecule has 0 aliphatic carbocycles. The zero-order chi connectivity index (χ0) is 8.97. The average Bonchev–Trinajstić information content (AvgIpc) is 2.05. The van der Waals surface area contributed by atoms with Gasteiger partial charge in [-0.25, -0.2) is 0 Å². The van der Waals surface area contributed by atoms with Crippen LogP contribution in [0.2, 0.25) is 0 Å². The molecule has 0 bridgehead atoms. The minimum absolute atomic E-state index is 0.133. The lowest BCUT2D eigenvalue weighted by Crippen LogP contribution is -1.91. The summed E-state index contributed by atoms with van der Waals surface area (Å²) in [6.45, 7) is 1.78. The summed E-state index contributed by atoms with van der Waals surface area (Å²) in [5.74, 6) is -2.29. The summed E-state index contributed by atoms with van der Waals surface area (Å²) in [5, 5.41) is -0.133. The Labute approximate surface area is 75.0 Å². The molecule has 1 atom stereocenters. The second-order valence-electron chi connectivity index (χ2n) is 2.45. The molecule has 1 rings (SSSR count). The van der Waals surface area contributed by atoms with Crippen LogP contribution >= 0.6 is 11.8 Å². The van der Waals surface area contributed by atoms with Crippen LogP contribution in [0.4, 0.5) is 8.78 Å². The highest BCUT2D eigenvalue weighted by atomic mass is 32.2. The van der Waals surface area contributed by atoms with Crippen LogP contribution in [0.25, 0.3) is 0 Å². The first-order valence-electron chi connectivity index (χ1n) is 3.68. The normalized spacial score (nSPS) is 13.3. The van der Waals surface area contributed by atoms with Crippen LogP contribution in [0.3, 0.4) is 0 Å². The molecule has 0 aromatic heterocycles. The summed E-state index contributed by atoms with van der Waals surface area (Å²) < 4.78 is 23.9. The highest BCUT2D eigenvalue weighted by Crippen LogP contribution is 2.32. The predicted octanol–water partition coefficient (Wildman–Crippen LogP) is 3.70. The van der Waals surface area contributed by atoms with Crippen molar-refractivity contribution in [3.63, 3.8) is 0 Å². The van der Waals surface area contributed by atoms with E-state index in [0.29, 0.717) is 11.8 Å². The van der Waals surface area contributed by atoms with E-state index in [1.54, 1.807) is 6.92 Å². The second kappa shape index (κ2) is 4.45. The van der Waals surface area contributed by atoms with Crippen LogP contribution in [0.5, 0.6) is 0 Å². The summed E-state index contributed by atoms with van der Waals surface area (Å²) in [6, 6.07) is 9.32. The Hall–Kier alpha value is -0.570. The molecule has 3 heteroatoms. The van der Waals surface area contributed by atoms with Gasteiger partial charge in [0.1, 0.15) is 0 Å². The number of thioether (sulfide) groups is 1. The first-order chi connectivity index (χ1) is 5.70. The van der Waals surface area contributed by atoms with Crippen LogP contribution in [0.1, 0.15) is 17.7 Å². The van der Waals surface area contributed by atoms with Crippen LogP contribution in [0, 0.1) is 0 Å². The van der Waals surface area contributed by atoms with Gasteiger partial charge in [-0.2, -0.15) is 8.78 Å². The van der Waals surface area contributed by atoms with Crippen molar-refractivity contribution in [3.8, 4) is 0 Å². The number of alkyl halides is 2. The van der Waals surface area contributed by atoms with E-state index in [9.17, 15) is 8.78 Å². The van der Waals surface area contributed by atoms with Gasteiger partial charge in [0, 0.05) is 5.25 Å². The standard InChI is InChI=1S/C9H10F2S/c1-7(12-9(10)11)8-5-3-2-4-6-8/h2-7,9H,1H3. The number of hydrogen-bond donors (Lipinski definition) is 0. The highest BCUT2D eigenvalue weighted by Gasteiger charge is 2.11. The van der Waals surface area contributed by atoms with E-state index in [4.69, 9.17) is 0 Å². The molecular weight excluding hydrogens is 178 g/mol. The van der Waals surface area contributed by atoms with E-state index >= 15 is 0 Å². The molecule has 0 amide bonds. The van der Waals surface area contributed by atoms with Crippen LogP contribution < -0.4 is 0 Å². The van der Waals surface area contributed by atoms with Gasteiger partial charge in [-0.1, -0.05) is 42.1 Å². The quantitative estimate of drug-likeness (QED) is 0.696. The largest absolute Gasteiger partial charge is 0.285 e. The Morgan fingerprint density at radius 3 is 2.25 bits per heavy atom. The van der Waals surface area contributed by atoms with E-state index in [1.165, 1.54) is 0 Å². The van der Waals surface area contributed by atoms with E-state index < -0.39 is 5.76 Å². The van der Waals surface area contributed by atoms with E-state index in [1.807, 2.05) is 30.3 Å². The molecule has 0 spiro atoms. The topological polar surface area (TPSA) is 0 Å². The van der Waals surface area contributed by atoms with Gasteiger partial charge >= 0.3 is 0 Å². The third-order valence-electron chi connectivity index (χ3n) is 1.58. The number of hydrogen-bond acceptors (Lipinski definition) is 1.